The quantitative estimate of drug-likeness (QED) is 0.828. The minimum atomic E-state index is -0.0815. The Hall–Kier alpha value is -2.82. The molecule has 0 bridgehead atoms. The fourth-order valence-electron chi connectivity index (χ4n) is 3.37. The lowest BCUT2D eigenvalue weighted by Gasteiger charge is -2.30. The lowest BCUT2D eigenvalue weighted by molar-refractivity contribution is -0.118. The van der Waals surface area contributed by atoms with Crippen LogP contribution < -0.4 is 14.5 Å². The molecule has 26 heavy (non-hydrogen) atoms. The number of ether oxygens (including phenoxy) is 1. The molecule has 0 aliphatic carbocycles. The van der Waals surface area contributed by atoms with Crippen LogP contribution in [0.15, 0.2) is 48.5 Å². The Labute approximate surface area is 154 Å². The number of fused-ring (bicyclic) bond motifs is 1. The van der Waals surface area contributed by atoms with Crippen molar-refractivity contribution in [2.24, 2.45) is 0 Å². The van der Waals surface area contributed by atoms with Gasteiger partial charge in [-0.15, -0.1) is 0 Å². The van der Waals surface area contributed by atoms with Gasteiger partial charge in [-0.2, -0.15) is 0 Å². The number of carbonyl (C=O) groups is 2. The van der Waals surface area contributed by atoms with Gasteiger partial charge in [0.2, 0.25) is 11.8 Å². The van der Waals surface area contributed by atoms with Gasteiger partial charge in [0, 0.05) is 37.8 Å². The Morgan fingerprint density at radius 3 is 2.54 bits per heavy atom. The zero-order valence-corrected chi connectivity index (χ0v) is 15.3. The number of para-hydroxylation sites is 1. The highest BCUT2D eigenvalue weighted by Crippen LogP contribution is 2.27. The molecule has 0 radical (unpaired) electrons. The molecular formula is C21H24N2O3. The molecule has 1 aliphatic rings. The smallest absolute Gasteiger partial charge is 0.228 e. The number of anilines is 2. The van der Waals surface area contributed by atoms with Crippen LogP contribution in [0.4, 0.5) is 11.4 Å². The molecule has 0 aromatic heterocycles. The van der Waals surface area contributed by atoms with E-state index in [1.165, 1.54) is 12.5 Å². The molecule has 5 heteroatoms. The van der Waals surface area contributed by atoms with Crippen LogP contribution in [0.1, 0.15) is 25.3 Å². The van der Waals surface area contributed by atoms with E-state index in [4.69, 9.17) is 4.74 Å². The average Bonchev–Trinajstić information content (AvgIpc) is 2.67. The van der Waals surface area contributed by atoms with E-state index >= 15 is 0 Å². The van der Waals surface area contributed by atoms with Gasteiger partial charge in [-0.05, 0) is 48.7 Å². The Morgan fingerprint density at radius 2 is 1.85 bits per heavy atom. The highest BCUT2D eigenvalue weighted by molar-refractivity contribution is 5.97. The van der Waals surface area contributed by atoms with Crippen LogP contribution in [0.5, 0.6) is 5.75 Å². The lowest BCUT2D eigenvalue weighted by Crippen LogP contribution is -2.38. The summed E-state index contributed by atoms with van der Waals surface area (Å²) in [4.78, 5) is 28.3. The molecule has 5 nitrogen and oxygen atoms in total. The van der Waals surface area contributed by atoms with Crippen molar-refractivity contribution in [3.05, 3.63) is 54.1 Å². The first-order valence-electron chi connectivity index (χ1n) is 8.90. The van der Waals surface area contributed by atoms with E-state index in [2.05, 4.69) is 6.07 Å². The standard InChI is InChI=1S/C21H24N2O3/c1-16(24)22(18-9-11-19(26-2)12-10-18)15-13-21(25)23-14-5-7-17-6-3-4-8-20(17)23/h3-4,6,8-12H,5,7,13-15H2,1-2H3. The first kappa shape index (κ1) is 18.0. The van der Waals surface area contributed by atoms with Crippen LogP contribution in [0.3, 0.4) is 0 Å². The van der Waals surface area contributed by atoms with Crippen LogP contribution in [-0.4, -0.2) is 32.0 Å². The highest BCUT2D eigenvalue weighted by atomic mass is 16.5. The molecule has 0 N–H and O–H groups in total. The van der Waals surface area contributed by atoms with E-state index < -0.39 is 0 Å². The van der Waals surface area contributed by atoms with E-state index in [1.807, 2.05) is 47.4 Å². The molecule has 0 fully saturated rings. The Kier molecular flexibility index (Phi) is 5.56. The van der Waals surface area contributed by atoms with Gasteiger partial charge in [0.25, 0.3) is 0 Å². The summed E-state index contributed by atoms with van der Waals surface area (Å²) in [5, 5.41) is 0. The average molecular weight is 352 g/mol. The maximum atomic E-state index is 12.8. The Balaban J connectivity index is 1.70. The van der Waals surface area contributed by atoms with E-state index in [0.717, 1.165) is 36.5 Å². The van der Waals surface area contributed by atoms with E-state index in [1.54, 1.807) is 12.0 Å². The highest BCUT2D eigenvalue weighted by Gasteiger charge is 2.23. The Bertz CT molecular complexity index is 786. The van der Waals surface area contributed by atoms with E-state index in [0.29, 0.717) is 13.0 Å². The molecular weight excluding hydrogens is 328 g/mol. The molecule has 136 valence electrons. The third-order valence-corrected chi connectivity index (χ3v) is 4.72. The van der Waals surface area contributed by atoms with Gasteiger partial charge >= 0.3 is 0 Å². The minimum absolute atomic E-state index is 0.0527. The molecule has 2 aromatic rings. The van der Waals surface area contributed by atoms with Crippen molar-refractivity contribution in [3.8, 4) is 5.75 Å². The summed E-state index contributed by atoms with van der Waals surface area (Å²) in [7, 11) is 1.60. The van der Waals surface area contributed by atoms with Gasteiger partial charge in [0.1, 0.15) is 5.75 Å². The number of benzene rings is 2. The van der Waals surface area contributed by atoms with Crippen LogP contribution >= 0.6 is 0 Å². The number of nitrogens with zero attached hydrogens (tertiary/aromatic N) is 2. The zero-order valence-electron chi connectivity index (χ0n) is 15.3. The SMILES string of the molecule is COc1ccc(N(CCC(=O)N2CCCc3ccccc32)C(C)=O)cc1. The summed E-state index contributed by atoms with van der Waals surface area (Å²) >= 11 is 0. The molecule has 0 atom stereocenters. The third kappa shape index (κ3) is 3.87. The van der Waals surface area contributed by atoms with Crippen molar-refractivity contribution < 1.29 is 14.3 Å². The molecule has 0 saturated heterocycles. The van der Waals surface area contributed by atoms with Crippen molar-refractivity contribution >= 4 is 23.2 Å². The van der Waals surface area contributed by atoms with E-state index in [9.17, 15) is 9.59 Å². The molecule has 0 unspecified atom stereocenters. The second-order valence-electron chi connectivity index (χ2n) is 6.40. The summed E-state index contributed by atoms with van der Waals surface area (Å²) < 4.78 is 5.16. The monoisotopic (exact) mass is 352 g/mol. The fourth-order valence-corrected chi connectivity index (χ4v) is 3.37. The van der Waals surface area contributed by atoms with Gasteiger partial charge in [0.15, 0.2) is 0 Å². The minimum Gasteiger partial charge on any atom is -0.497 e. The summed E-state index contributed by atoms with van der Waals surface area (Å²) in [5.74, 6) is 0.706. The number of aryl methyl sites for hydroxylation is 1. The molecule has 2 aromatic carbocycles. The van der Waals surface area contributed by atoms with Gasteiger partial charge < -0.3 is 14.5 Å². The van der Waals surface area contributed by atoms with Crippen LogP contribution in [0.2, 0.25) is 0 Å². The number of carbonyl (C=O) groups excluding carboxylic acids is 2. The maximum absolute atomic E-state index is 12.8. The van der Waals surface area contributed by atoms with Gasteiger partial charge in [0.05, 0.1) is 7.11 Å². The number of hydrogen-bond acceptors (Lipinski definition) is 3. The normalized spacial score (nSPS) is 13.1. The first-order chi connectivity index (χ1) is 12.6. The number of methoxy groups -OCH3 is 1. The molecule has 1 heterocycles. The van der Waals surface area contributed by atoms with Crippen molar-refractivity contribution in [2.45, 2.75) is 26.2 Å². The number of amides is 2. The molecule has 1 aliphatic heterocycles. The van der Waals surface area contributed by atoms with Gasteiger partial charge in [-0.3, -0.25) is 9.59 Å². The predicted octanol–water partition coefficient (Wildman–Crippen LogP) is 3.42. The number of hydrogen-bond donors (Lipinski definition) is 0. The molecule has 3 rings (SSSR count). The summed E-state index contributed by atoms with van der Waals surface area (Å²) in [6.07, 6.45) is 2.27. The summed E-state index contributed by atoms with van der Waals surface area (Å²) in [6.45, 7) is 2.61. The lowest BCUT2D eigenvalue weighted by atomic mass is 10.0. The van der Waals surface area contributed by atoms with Gasteiger partial charge in [-0.25, -0.2) is 0 Å². The second-order valence-corrected chi connectivity index (χ2v) is 6.40. The molecule has 0 saturated carbocycles. The van der Waals surface area contributed by atoms with Gasteiger partial charge in [-0.1, -0.05) is 18.2 Å². The fraction of sp³-hybridized carbons (Fsp3) is 0.333. The largest absolute Gasteiger partial charge is 0.497 e. The predicted molar refractivity (Wildman–Crippen MR) is 103 cm³/mol. The Morgan fingerprint density at radius 1 is 1.12 bits per heavy atom. The zero-order chi connectivity index (χ0) is 18.5. The molecule has 0 spiro atoms. The van der Waals surface area contributed by atoms with Crippen molar-refractivity contribution in [1.82, 2.24) is 0 Å². The topological polar surface area (TPSA) is 49.9 Å². The molecule has 2 amide bonds. The maximum Gasteiger partial charge on any atom is 0.228 e. The van der Waals surface area contributed by atoms with Crippen LogP contribution in [0.25, 0.3) is 0 Å². The van der Waals surface area contributed by atoms with Crippen molar-refractivity contribution in [3.63, 3.8) is 0 Å². The van der Waals surface area contributed by atoms with Crippen molar-refractivity contribution in [2.75, 3.05) is 30.0 Å². The number of rotatable bonds is 5. The first-order valence-corrected chi connectivity index (χ1v) is 8.90. The van der Waals surface area contributed by atoms with E-state index in [-0.39, 0.29) is 11.8 Å². The second kappa shape index (κ2) is 8.04. The summed E-state index contributed by atoms with van der Waals surface area (Å²) in [6, 6.07) is 15.3. The van der Waals surface area contributed by atoms with Crippen LogP contribution in [0, 0.1) is 0 Å². The van der Waals surface area contributed by atoms with Crippen molar-refractivity contribution in [1.29, 1.82) is 0 Å². The van der Waals surface area contributed by atoms with Crippen LogP contribution in [-0.2, 0) is 16.0 Å². The summed E-state index contributed by atoms with van der Waals surface area (Å²) in [5.41, 5.74) is 2.98. The third-order valence-electron chi connectivity index (χ3n) is 4.72.